The van der Waals surface area contributed by atoms with Crippen molar-refractivity contribution in [2.45, 2.75) is 20.5 Å². The van der Waals surface area contributed by atoms with Gasteiger partial charge in [0.05, 0.1) is 5.56 Å². The Morgan fingerprint density at radius 3 is 2.71 bits per heavy atom. The highest BCUT2D eigenvalue weighted by Gasteiger charge is 2.09. The molecule has 4 heteroatoms. The highest BCUT2D eigenvalue weighted by Crippen LogP contribution is 2.22. The summed E-state index contributed by atoms with van der Waals surface area (Å²) in [4.78, 5) is 4.37. The van der Waals surface area contributed by atoms with Crippen molar-refractivity contribution in [3.63, 3.8) is 0 Å². The van der Waals surface area contributed by atoms with E-state index in [1.807, 2.05) is 38.1 Å². The highest BCUT2D eigenvalue weighted by molar-refractivity contribution is 5.73. The van der Waals surface area contributed by atoms with Crippen LogP contribution >= 0.6 is 0 Å². The lowest BCUT2D eigenvalue weighted by atomic mass is 10.1. The second-order valence-electron chi connectivity index (χ2n) is 4.98. The van der Waals surface area contributed by atoms with Crippen LogP contribution in [0.1, 0.15) is 22.6 Å². The number of fused-ring (bicyclic) bond motifs is 1. The number of nitriles is 1. The van der Waals surface area contributed by atoms with Gasteiger partial charge in [-0.25, -0.2) is 4.98 Å². The van der Waals surface area contributed by atoms with E-state index in [4.69, 9.17) is 14.4 Å². The summed E-state index contributed by atoms with van der Waals surface area (Å²) >= 11 is 0. The smallest absolute Gasteiger partial charge is 0.233 e. The summed E-state index contributed by atoms with van der Waals surface area (Å²) in [5, 5.41) is 9.12. The first kappa shape index (κ1) is 13.2. The second kappa shape index (κ2) is 5.29. The molecule has 0 amide bonds. The average Bonchev–Trinajstić information content (AvgIpc) is 2.87. The fourth-order valence-electron chi connectivity index (χ4n) is 2.14. The zero-order valence-electron chi connectivity index (χ0n) is 11.9. The first-order valence-corrected chi connectivity index (χ1v) is 6.65. The van der Waals surface area contributed by atoms with Gasteiger partial charge in [0.15, 0.2) is 12.2 Å². The van der Waals surface area contributed by atoms with Crippen molar-refractivity contribution in [2.24, 2.45) is 0 Å². The topological polar surface area (TPSA) is 59.1 Å². The van der Waals surface area contributed by atoms with Crippen LogP contribution in [-0.2, 0) is 6.61 Å². The molecule has 21 heavy (non-hydrogen) atoms. The molecule has 0 fully saturated rings. The van der Waals surface area contributed by atoms with Crippen molar-refractivity contribution in [1.29, 1.82) is 5.26 Å². The largest absolute Gasteiger partial charge is 0.482 e. The summed E-state index contributed by atoms with van der Waals surface area (Å²) in [6, 6.07) is 13.5. The summed E-state index contributed by atoms with van der Waals surface area (Å²) in [6.45, 7) is 4.14. The molecule has 3 aromatic rings. The van der Waals surface area contributed by atoms with Gasteiger partial charge in [-0.3, -0.25) is 0 Å². The minimum absolute atomic E-state index is 0.200. The number of hydrogen-bond donors (Lipinski definition) is 0. The van der Waals surface area contributed by atoms with Crippen LogP contribution in [0.3, 0.4) is 0 Å². The molecule has 0 radical (unpaired) electrons. The van der Waals surface area contributed by atoms with Gasteiger partial charge >= 0.3 is 0 Å². The quantitative estimate of drug-likeness (QED) is 0.729. The van der Waals surface area contributed by atoms with Crippen LogP contribution in [0, 0.1) is 25.2 Å². The lowest BCUT2D eigenvalue weighted by molar-refractivity contribution is 0.266. The number of aryl methyl sites for hydroxylation is 2. The predicted octanol–water partition coefficient (Wildman–Crippen LogP) is 3.90. The van der Waals surface area contributed by atoms with E-state index in [0.717, 1.165) is 22.2 Å². The van der Waals surface area contributed by atoms with Gasteiger partial charge in [0.2, 0.25) is 5.89 Å². The molecule has 0 aliphatic heterocycles. The molecule has 1 aromatic heterocycles. The molecule has 104 valence electrons. The molecule has 0 unspecified atom stereocenters. The average molecular weight is 278 g/mol. The Morgan fingerprint density at radius 2 is 1.90 bits per heavy atom. The van der Waals surface area contributed by atoms with E-state index < -0.39 is 0 Å². The van der Waals surface area contributed by atoms with Crippen molar-refractivity contribution < 1.29 is 9.15 Å². The number of aromatic nitrogens is 1. The van der Waals surface area contributed by atoms with Crippen LogP contribution in [0.15, 0.2) is 40.8 Å². The van der Waals surface area contributed by atoms with Gasteiger partial charge in [0.1, 0.15) is 17.3 Å². The van der Waals surface area contributed by atoms with E-state index in [1.165, 1.54) is 0 Å². The summed E-state index contributed by atoms with van der Waals surface area (Å²) in [6.07, 6.45) is 0. The van der Waals surface area contributed by atoms with Crippen molar-refractivity contribution in [3.8, 4) is 11.8 Å². The van der Waals surface area contributed by atoms with E-state index in [-0.39, 0.29) is 6.61 Å². The fraction of sp³-hybridized carbons (Fsp3) is 0.176. The number of hydrogen-bond acceptors (Lipinski definition) is 4. The SMILES string of the molecule is Cc1ccc(OCc2nc3ccc(C)cc3o2)c(C#N)c1. The van der Waals surface area contributed by atoms with Crippen molar-refractivity contribution in [1.82, 2.24) is 4.98 Å². The summed E-state index contributed by atoms with van der Waals surface area (Å²) in [7, 11) is 0. The zero-order chi connectivity index (χ0) is 14.8. The monoisotopic (exact) mass is 278 g/mol. The normalized spacial score (nSPS) is 10.5. The number of ether oxygens (including phenoxy) is 1. The molecule has 0 saturated heterocycles. The molecule has 0 spiro atoms. The maximum absolute atomic E-state index is 9.12. The number of oxazole rings is 1. The minimum Gasteiger partial charge on any atom is -0.482 e. The molecule has 1 heterocycles. The van der Waals surface area contributed by atoms with E-state index in [2.05, 4.69) is 11.1 Å². The maximum Gasteiger partial charge on any atom is 0.233 e. The van der Waals surface area contributed by atoms with Gasteiger partial charge in [-0.1, -0.05) is 12.1 Å². The lowest BCUT2D eigenvalue weighted by Crippen LogP contribution is -1.97. The summed E-state index contributed by atoms with van der Waals surface area (Å²) in [5.74, 6) is 1.04. The predicted molar refractivity (Wildman–Crippen MR) is 79.0 cm³/mol. The van der Waals surface area contributed by atoms with E-state index in [1.54, 1.807) is 12.1 Å². The van der Waals surface area contributed by atoms with Crippen LogP contribution in [0.4, 0.5) is 0 Å². The van der Waals surface area contributed by atoms with Gasteiger partial charge < -0.3 is 9.15 Å². The van der Waals surface area contributed by atoms with Gasteiger partial charge in [-0.2, -0.15) is 5.26 Å². The third-order valence-electron chi connectivity index (χ3n) is 3.19. The van der Waals surface area contributed by atoms with Crippen LogP contribution < -0.4 is 4.74 Å². The van der Waals surface area contributed by atoms with Crippen LogP contribution in [-0.4, -0.2) is 4.98 Å². The number of nitrogens with zero attached hydrogens (tertiary/aromatic N) is 2. The van der Waals surface area contributed by atoms with Gasteiger partial charge in [0, 0.05) is 0 Å². The molecule has 0 atom stereocenters. The molecule has 4 nitrogen and oxygen atoms in total. The Hall–Kier alpha value is -2.80. The van der Waals surface area contributed by atoms with Gasteiger partial charge in [0.25, 0.3) is 0 Å². The van der Waals surface area contributed by atoms with E-state index >= 15 is 0 Å². The number of rotatable bonds is 3. The molecule has 0 bridgehead atoms. The molecule has 0 N–H and O–H groups in total. The fourth-order valence-corrected chi connectivity index (χ4v) is 2.14. The molecule has 0 saturated carbocycles. The molecule has 2 aromatic carbocycles. The van der Waals surface area contributed by atoms with Crippen LogP contribution in [0.5, 0.6) is 5.75 Å². The second-order valence-corrected chi connectivity index (χ2v) is 4.98. The first-order chi connectivity index (χ1) is 10.2. The Labute approximate surface area is 122 Å². The van der Waals surface area contributed by atoms with E-state index in [0.29, 0.717) is 17.2 Å². The molecule has 0 aliphatic rings. The Kier molecular flexibility index (Phi) is 3.33. The van der Waals surface area contributed by atoms with Crippen LogP contribution in [0.2, 0.25) is 0 Å². The van der Waals surface area contributed by atoms with Crippen LogP contribution in [0.25, 0.3) is 11.1 Å². The van der Waals surface area contributed by atoms with Gasteiger partial charge in [-0.05, 0) is 49.2 Å². The molecular weight excluding hydrogens is 264 g/mol. The van der Waals surface area contributed by atoms with E-state index in [9.17, 15) is 0 Å². The Balaban J connectivity index is 1.82. The Bertz CT molecular complexity index is 844. The van der Waals surface area contributed by atoms with Crippen molar-refractivity contribution in [2.75, 3.05) is 0 Å². The summed E-state index contributed by atoms with van der Waals surface area (Å²) in [5.41, 5.74) is 4.22. The third kappa shape index (κ3) is 2.72. The number of benzene rings is 2. The third-order valence-corrected chi connectivity index (χ3v) is 3.19. The molecule has 0 aliphatic carbocycles. The molecule has 3 rings (SSSR count). The van der Waals surface area contributed by atoms with Crippen molar-refractivity contribution in [3.05, 3.63) is 59.0 Å². The lowest BCUT2D eigenvalue weighted by Gasteiger charge is -2.05. The maximum atomic E-state index is 9.12. The summed E-state index contributed by atoms with van der Waals surface area (Å²) < 4.78 is 11.3. The Morgan fingerprint density at radius 1 is 1.14 bits per heavy atom. The highest BCUT2D eigenvalue weighted by atomic mass is 16.5. The van der Waals surface area contributed by atoms with Gasteiger partial charge in [-0.15, -0.1) is 0 Å². The zero-order valence-corrected chi connectivity index (χ0v) is 11.9. The van der Waals surface area contributed by atoms with Crippen molar-refractivity contribution >= 4 is 11.1 Å². The first-order valence-electron chi connectivity index (χ1n) is 6.65. The molecular formula is C17H14N2O2. The minimum atomic E-state index is 0.200. The standard InChI is InChI=1S/C17H14N2O2/c1-11-4-6-15(13(7-11)9-18)20-10-17-19-14-5-3-12(2)8-16(14)21-17/h3-8H,10H2,1-2H3.